The van der Waals surface area contributed by atoms with Gasteiger partial charge in [-0.25, -0.2) is 4.79 Å². The zero-order valence-corrected chi connectivity index (χ0v) is 12.5. The smallest absolute Gasteiger partial charge is 0.407 e. The summed E-state index contributed by atoms with van der Waals surface area (Å²) in [5.41, 5.74) is 0. The Bertz CT molecular complexity index is 397. The molecule has 2 fully saturated rings. The van der Waals surface area contributed by atoms with Crippen molar-refractivity contribution in [1.82, 2.24) is 10.2 Å². The number of rotatable bonds is 7. The molecule has 8 heteroatoms. The molecule has 0 aromatic carbocycles. The second kappa shape index (κ2) is 8.72. The number of morpholine rings is 1. The zero-order chi connectivity index (χ0) is 15.8. The van der Waals surface area contributed by atoms with Gasteiger partial charge in [0, 0.05) is 19.6 Å². The maximum absolute atomic E-state index is 11.5. The van der Waals surface area contributed by atoms with Gasteiger partial charge in [-0.2, -0.15) is 0 Å². The van der Waals surface area contributed by atoms with Crippen molar-refractivity contribution >= 4 is 12.1 Å². The molecule has 2 heterocycles. The largest absolute Gasteiger partial charge is 0.445 e. The van der Waals surface area contributed by atoms with Gasteiger partial charge in [-0.15, -0.1) is 0 Å². The molecule has 1 N–H and O–H groups in total. The molecule has 0 aromatic rings. The number of nitrogens with zero attached hydrogens (tertiary/aromatic N) is 1. The highest BCUT2D eigenvalue weighted by atomic mass is 16.7. The van der Waals surface area contributed by atoms with Crippen LogP contribution in [0.2, 0.25) is 0 Å². The van der Waals surface area contributed by atoms with E-state index < -0.39 is 24.4 Å². The number of hydrogen-bond donors (Lipinski definition) is 1. The first-order valence-electron chi connectivity index (χ1n) is 7.34. The van der Waals surface area contributed by atoms with E-state index in [0.717, 1.165) is 32.8 Å². The standard InChI is InChI=1S/C14H22N2O6/c1-2-6-21-14(18)15-11-10-12(17)22-13(11)20-9-5-16-3-7-19-8-4-16/h2,11,13H,1,3-10H2,(H,15,18). The first kappa shape index (κ1) is 16.7. The summed E-state index contributed by atoms with van der Waals surface area (Å²) >= 11 is 0. The van der Waals surface area contributed by atoms with Gasteiger partial charge in [-0.3, -0.25) is 9.69 Å². The van der Waals surface area contributed by atoms with E-state index in [4.69, 9.17) is 18.9 Å². The maximum atomic E-state index is 11.5. The molecule has 0 aliphatic carbocycles. The molecule has 2 rings (SSSR count). The van der Waals surface area contributed by atoms with Gasteiger partial charge in [-0.05, 0) is 0 Å². The van der Waals surface area contributed by atoms with Crippen LogP contribution < -0.4 is 5.32 Å². The fraction of sp³-hybridized carbons (Fsp3) is 0.714. The molecule has 2 unspecified atom stereocenters. The number of alkyl carbamates (subject to hydrolysis) is 1. The Labute approximate surface area is 129 Å². The highest BCUT2D eigenvalue weighted by molar-refractivity contribution is 5.75. The fourth-order valence-corrected chi connectivity index (χ4v) is 2.26. The van der Waals surface area contributed by atoms with E-state index in [1.54, 1.807) is 0 Å². The lowest BCUT2D eigenvalue weighted by Crippen LogP contribution is -2.43. The van der Waals surface area contributed by atoms with E-state index in [9.17, 15) is 9.59 Å². The topological polar surface area (TPSA) is 86.3 Å². The molecule has 0 spiro atoms. The molecule has 1 amide bonds. The summed E-state index contributed by atoms with van der Waals surface area (Å²) in [5.74, 6) is -0.398. The Morgan fingerprint density at radius 2 is 2.23 bits per heavy atom. The number of carbonyl (C=O) groups excluding carboxylic acids is 2. The predicted molar refractivity (Wildman–Crippen MR) is 76.2 cm³/mol. The molecule has 8 nitrogen and oxygen atoms in total. The molecule has 0 radical (unpaired) electrons. The van der Waals surface area contributed by atoms with Crippen LogP contribution in [0.1, 0.15) is 6.42 Å². The molecule has 2 aliphatic heterocycles. The van der Waals surface area contributed by atoms with Crippen LogP contribution in [-0.4, -0.2) is 75.4 Å². The van der Waals surface area contributed by atoms with Crippen LogP contribution in [-0.2, 0) is 23.7 Å². The zero-order valence-electron chi connectivity index (χ0n) is 12.5. The molecule has 2 atom stereocenters. The lowest BCUT2D eigenvalue weighted by Gasteiger charge is -2.27. The van der Waals surface area contributed by atoms with Crippen LogP contribution in [0.5, 0.6) is 0 Å². The number of esters is 1. The van der Waals surface area contributed by atoms with Gasteiger partial charge in [0.1, 0.15) is 12.6 Å². The minimum absolute atomic E-state index is 0.0748. The molecule has 2 aliphatic rings. The first-order valence-corrected chi connectivity index (χ1v) is 7.34. The number of ether oxygens (including phenoxy) is 4. The number of nitrogens with one attached hydrogen (secondary N) is 1. The Balaban J connectivity index is 1.71. The predicted octanol–water partition coefficient (Wildman–Crippen LogP) is -0.111. The second-order valence-corrected chi connectivity index (χ2v) is 5.03. The molecular weight excluding hydrogens is 292 g/mol. The van der Waals surface area contributed by atoms with Crippen molar-refractivity contribution in [2.45, 2.75) is 18.8 Å². The van der Waals surface area contributed by atoms with E-state index >= 15 is 0 Å². The van der Waals surface area contributed by atoms with Gasteiger partial charge in [-0.1, -0.05) is 12.7 Å². The van der Waals surface area contributed by atoms with Crippen molar-refractivity contribution in [2.24, 2.45) is 0 Å². The molecule has 2 saturated heterocycles. The van der Waals surface area contributed by atoms with E-state index in [0.29, 0.717) is 6.61 Å². The SMILES string of the molecule is C=CCOC(=O)NC1CC(=O)OC1OCCN1CCOCC1. The third-order valence-electron chi connectivity index (χ3n) is 3.39. The summed E-state index contributed by atoms with van der Waals surface area (Å²) in [6.07, 6.45) is 0.146. The van der Waals surface area contributed by atoms with Crippen LogP contribution in [0.15, 0.2) is 12.7 Å². The van der Waals surface area contributed by atoms with Gasteiger partial charge in [0.15, 0.2) is 0 Å². The summed E-state index contributed by atoms with van der Waals surface area (Å²) in [5, 5.41) is 2.57. The van der Waals surface area contributed by atoms with E-state index in [1.165, 1.54) is 6.08 Å². The van der Waals surface area contributed by atoms with Crippen molar-refractivity contribution < 1.29 is 28.5 Å². The number of cyclic esters (lactones) is 1. The monoisotopic (exact) mass is 314 g/mol. The Morgan fingerprint density at radius 3 is 2.95 bits per heavy atom. The average Bonchev–Trinajstić information content (AvgIpc) is 2.86. The van der Waals surface area contributed by atoms with Crippen molar-refractivity contribution in [3.63, 3.8) is 0 Å². The summed E-state index contributed by atoms with van der Waals surface area (Å²) < 4.78 is 20.7. The Hall–Kier alpha value is -1.64. The summed E-state index contributed by atoms with van der Waals surface area (Å²) in [6, 6.07) is -0.533. The number of hydrogen-bond acceptors (Lipinski definition) is 7. The highest BCUT2D eigenvalue weighted by Crippen LogP contribution is 2.16. The van der Waals surface area contributed by atoms with Crippen molar-refractivity contribution in [2.75, 3.05) is 46.1 Å². The minimum Gasteiger partial charge on any atom is -0.445 e. The lowest BCUT2D eigenvalue weighted by molar-refractivity contribution is -0.165. The van der Waals surface area contributed by atoms with E-state index in [-0.39, 0.29) is 13.0 Å². The van der Waals surface area contributed by atoms with Crippen LogP contribution in [0.4, 0.5) is 4.79 Å². The molecule has 0 aromatic heterocycles. The second-order valence-electron chi connectivity index (χ2n) is 5.03. The van der Waals surface area contributed by atoms with Crippen LogP contribution in [0, 0.1) is 0 Å². The van der Waals surface area contributed by atoms with Crippen molar-refractivity contribution in [3.8, 4) is 0 Å². The molecule has 0 bridgehead atoms. The quantitative estimate of drug-likeness (QED) is 0.518. The number of carbonyl (C=O) groups is 2. The fourth-order valence-electron chi connectivity index (χ4n) is 2.26. The number of amides is 1. The maximum Gasteiger partial charge on any atom is 0.407 e. The van der Waals surface area contributed by atoms with Crippen molar-refractivity contribution in [1.29, 1.82) is 0 Å². The van der Waals surface area contributed by atoms with E-state index in [2.05, 4.69) is 16.8 Å². The van der Waals surface area contributed by atoms with Crippen molar-refractivity contribution in [3.05, 3.63) is 12.7 Å². The van der Waals surface area contributed by atoms with Crippen LogP contribution in [0.3, 0.4) is 0 Å². The molecule has 22 heavy (non-hydrogen) atoms. The average molecular weight is 314 g/mol. The van der Waals surface area contributed by atoms with Gasteiger partial charge < -0.3 is 24.3 Å². The molecule has 124 valence electrons. The Morgan fingerprint density at radius 1 is 1.45 bits per heavy atom. The van der Waals surface area contributed by atoms with Gasteiger partial charge in [0.25, 0.3) is 0 Å². The normalized spacial score (nSPS) is 25.5. The summed E-state index contributed by atoms with van der Waals surface area (Å²) in [4.78, 5) is 25.1. The minimum atomic E-state index is -0.773. The highest BCUT2D eigenvalue weighted by Gasteiger charge is 2.37. The summed E-state index contributed by atoms with van der Waals surface area (Å²) in [6.45, 7) is 7.87. The van der Waals surface area contributed by atoms with Gasteiger partial charge >= 0.3 is 12.1 Å². The lowest BCUT2D eigenvalue weighted by atomic mass is 10.2. The Kier molecular flexibility index (Phi) is 6.63. The van der Waals surface area contributed by atoms with Gasteiger partial charge in [0.2, 0.25) is 6.29 Å². The van der Waals surface area contributed by atoms with Crippen LogP contribution in [0.25, 0.3) is 0 Å². The first-order chi connectivity index (χ1) is 10.7. The molecule has 0 saturated carbocycles. The molecular formula is C14H22N2O6. The summed E-state index contributed by atoms with van der Waals surface area (Å²) in [7, 11) is 0. The third-order valence-corrected chi connectivity index (χ3v) is 3.39. The van der Waals surface area contributed by atoms with Crippen LogP contribution >= 0.6 is 0 Å². The third kappa shape index (κ3) is 5.28. The van der Waals surface area contributed by atoms with E-state index in [1.807, 2.05) is 0 Å². The van der Waals surface area contributed by atoms with Gasteiger partial charge in [0.05, 0.1) is 26.2 Å².